The fourth-order valence-corrected chi connectivity index (χ4v) is 3.27. The molecular formula is C21H22F2N4O2S. The van der Waals surface area contributed by atoms with Gasteiger partial charge in [-0.25, -0.2) is 8.78 Å². The van der Waals surface area contributed by atoms with Gasteiger partial charge in [0, 0.05) is 18.7 Å². The van der Waals surface area contributed by atoms with E-state index in [0.717, 1.165) is 23.4 Å². The fraction of sp³-hybridized carbons (Fsp3) is 0.286. The first-order valence-electron chi connectivity index (χ1n) is 9.34. The Balaban J connectivity index is 1.60. The van der Waals surface area contributed by atoms with E-state index < -0.39 is 17.5 Å². The van der Waals surface area contributed by atoms with Crippen molar-refractivity contribution in [1.29, 1.82) is 0 Å². The van der Waals surface area contributed by atoms with Gasteiger partial charge in [0.1, 0.15) is 17.4 Å². The van der Waals surface area contributed by atoms with Gasteiger partial charge in [0.2, 0.25) is 5.91 Å². The van der Waals surface area contributed by atoms with Gasteiger partial charge in [-0.05, 0) is 42.3 Å². The van der Waals surface area contributed by atoms with Gasteiger partial charge in [-0.2, -0.15) is 0 Å². The smallest absolute Gasteiger partial charge is 0.234 e. The van der Waals surface area contributed by atoms with Crippen LogP contribution in [0.5, 0.6) is 5.75 Å². The summed E-state index contributed by atoms with van der Waals surface area (Å²) in [6.07, 6.45) is 0. The lowest BCUT2D eigenvalue weighted by Crippen LogP contribution is -2.15. The predicted octanol–water partition coefficient (Wildman–Crippen LogP) is 4.53. The molecule has 0 bridgehead atoms. The molecule has 1 N–H and O–H groups in total. The number of anilines is 1. The van der Waals surface area contributed by atoms with Crippen molar-refractivity contribution in [2.24, 2.45) is 13.0 Å². The molecule has 0 aliphatic carbocycles. The Morgan fingerprint density at radius 2 is 1.90 bits per heavy atom. The molecule has 3 rings (SSSR count). The summed E-state index contributed by atoms with van der Waals surface area (Å²) in [7, 11) is 1.80. The number of aromatic nitrogens is 3. The molecule has 0 radical (unpaired) electrons. The first kappa shape index (κ1) is 21.8. The maximum atomic E-state index is 13.6. The van der Waals surface area contributed by atoms with Crippen molar-refractivity contribution < 1.29 is 18.3 Å². The Labute approximate surface area is 177 Å². The van der Waals surface area contributed by atoms with E-state index in [0.29, 0.717) is 23.5 Å². The maximum absolute atomic E-state index is 13.6. The molecule has 1 aromatic heterocycles. The zero-order valence-electron chi connectivity index (χ0n) is 16.9. The van der Waals surface area contributed by atoms with Gasteiger partial charge < -0.3 is 14.6 Å². The molecular weight excluding hydrogens is 410 g/mol. The van der Waals surface area contributed by atoms with Crippen molar-refractivity contribution in [3.8, 4) is 17.1 Å². The van der Waals surface area contributed by atoms with Crippen LogP contribution in [0.15, 0.2) is 47.6 Å². The van der Waals surface area contributed by atoms with E-state index in [4.69, 9.17) is 4.74 Å². The third-order valence-electron chi connectivity index (χ3n) is 4.07. The lowest BCUT2D eigenvalue weighted by molar-refractivity contribution is -0.113. The molecule has 0 aliphatic rings. The number of hydrogen-bond donors (Lipinski definition) is 1. The van der Waals surface area contributed by atoms with Crippen LogP contribution < -0.4 is 10.1 Å². The highest BCUT2D eigenvalue weighted by Gasteiger charge is 2.14. The van der Waals surface area contributed by atoms with Crippen LogP contribution in [0, 0.1) is 17.6 Å². The quantitative estimate of drug-likeness (QED) is 0.530. The van der Waals surface area contributed by atoms with Crippen LogP contribution in [0.4, 0.5) is 14.5 Å². The lowest BCUT2D eigenvalue weighted by atomic mass is 10.2. The second kappa shape index (κ2) is 9.71. The minimum Gasteiger partial charge on any atom is -0.493 e. The average molecular weight is 432 g/mol. The molecule has 158 valence electrons. The number of ether oxygens (including phenoxy) is 1. The first-order chi connectivity index (χ1) is 14.3. The van der Waals surface area contributed by atoms with Crippen LogP contribution >= 0.6 is 11.8 Å². The molecule has 0 atom stereocenters. The average Bonchev–Trinajstić information content (AvgIpc) is 3.08. The highest BCUT2D eigenvalue weighted by Crippen LogP contribution is 2.25. The third-order valence-corrected chi connectivity index (χ3v) is 5.09. The lowest BCUT2D eigenvalue weighted by Gasteiger charge is -2.09. The Morgan fingerprint density at radius 1 is 1.17 bits per heavy atom. The van der Waals surface area contributed by atoms with Gasteiger partial charge in [0.15, 0.2) is 11.0 Å². The number of thioether (sulfide) groups is 1. The van der Waals surface area contributed by atoms with Crippen LogP contribution in [0.1, 0.15) is 13.8 Å². The minimum absolute atomic E-state index is 0.00473. The van der Waals surface area contributed by atoms with E-state index in [-0.39, 0.29) is 11.4 Å². The van der Waals surface area contributed by atoms with Crippen LogP contribution in [0.3, 0.4) is 0 Å². The standard InChI is InChI=1S/C21H22F2N4O2S/c1-13(2)11-29-16-7-4-14(5-8-16)20-25-26-21(27(20)3)30-12-19(28)24-18-9-6-15(22)10-17(18)23/h4-10,13H,11-12H2,1-3H3,(H,24,28). The molecule has 1 amide bonds. The predicted molar refractivity (Wildman–Crippen MR) is 112 cm³/mol. The van der Waals surface area contributed by atoms with Crippen LogP contribution in [0.25, 0.3) is 11.4 Å². The van der Waals surface area contributed by atoms with Gasteiger partial charge in [-0.1, -0.05) is 25.6 Å². The normalized spacial score (nSPS) is 11.0. The molecule has 0 saturated carbocycles. The molecule has 6 nitrogen and oxygen atoms in total. The number of benzene rings is 2. The zero-order valence-corrected chi connectivity index (χ0v) is 17.7. The number of nitrogens with one attached hydrogen (secondary N) is 1. The molecule has 30 heavy (non-hydrogen) atoms. The SMILES string of the molecule is CC(C)COc1ccc(-c2nnc(SCC(=O)Nc3ccc(F)cc3F)n2C)cc1. The molecule has 3 aromatic rings. The second-order valence-electron chi connectivity index (χ2n) is 7.06. The highest BCUT2D eigenvalue weighted by molar-refractivity contribution is 7.99. The van der Waals surface area contributed by atoms with E-state index in [1.54, 1.807) is 11.6 Å². The monoisotopic (exact) mass is 432 g/mol. The topological polar surface area (TPSA) is 69.0 Å². The van der Waals surface area contributed by atoms with Crippen molar-refractivity contribution in [2.75, 3.05) is 17.7 Å². The molecule has 9 heteroatoms. The number of amides is 1. The number of hydrogen-bond acceptors (Lipinski definition) is 5. The zero-order chi connectivity index (χ0) is 21.7. The Bertz CT molecular complexity index is 1020. The van der Waals surface area contributed by atoms with Crippen LogP contribution in [-0.2, 0) is 11.8 Å². The molecule has 0 spiro atoms. The molecule has 0 saturated heterocycles. The summed E-state index contributed by atoms with van der Waals surface area (Å²) in [5.74, 6) is -0.0699. The highest BCUT2D eigenvalue weighted by atomic mass is 32.2. The van der Waals surface area contributed by atoms with Gasteiger partial charge in [0.25, 0.3) is 0 Å². The van der Waals surface area contributed by atoms with Crippen molar-refractivity contribution in [3.05, 3.63) is 54.1 Å². The van der Waals surface area contributed by atoms with Gasteiger partial charge in [-0.3, -0.25) is 4.79 Å². The molecule has 1 heterocycles. The fourth-order valence-electron chi connectivity index (χ4n) is 2.56. The summed E-state index contributed by atoms with van der Waals surface area (Å²) >= 11 is 1.17. The minimum atomic E-state index is -0.824. The van der Waals surface area contributed by atoms with Crippen molar-refractivity contribution in [1.82, 2.24) is 14.8 Å². The second-order valence-corrected chi connectivity index (χ2v) is 8.00. The molecule has 0 fully saturated rings. The summed E-state index contributed by atoms with van der Waals surface area (Å²) in [5.41, 5.74) is 0.798. The van der Waals surface area contributed by atoms with Gasteiger partial charge in [-0.15, -0.1) is 10.2 Å². The summed E-state index contributed by atoms with van der Waals surface area (Å²) in [4.78, 5) is 12.1. The van der Waals surface area contributed by atoms with Crippen LogP contribution in [-0.4, -0.2) is 33.0 Å². The summed E-state index contributed by atoms with van der Waals surface area (Å²) in [6.45, 7) is 4.82. The first-order valence-corrected chi connectivity index (χ1v) is 10.3. The maximum Gasteiger partial charge on any atom is 0.234 e. The Kier molecular flexibility index (Phi) is 7.04. The summed E-state index contributed by atoms with van der Waals surface area (Å²) < 4.78 is 34.1. The van der Waals surface area contributed by atoms with E-state index in [1.807, 2.05) is 24.3 Å². The van der Waals surface area contributed by atoms with E-state index in [9.17, 15) is 13.6 Å². The van der Waals surface area contributed by atoms with E-state index >= 15 is 0 Å². The number of rotatable bonds is 8. The number of carbonyl (C=O) groups excluding carboxylic acids is 1. The third kappa shape index (κ3) is 5.56. The Hall–Kier alpha value is -2.94. The summed E-state index contributed by atoms with van der Waals surface area (Å²) in [5, 5.41) is 11.3. The largest absolute Gasteiger partial charge is 0.493 e. The van der Waals surface area contributed by atoms with Crippen molar-refractivity contribution in [3.63, 3.8) is 0 Å². The Morgan fingerprint density at radius 3 is 2.57 bits per heavy atom. The van der Waals surface area contributed by atoms with E-state index in [2.05, 4.69) is 29.4 Å². The number of halogens is 2. The molecule has 2 aromatic carbocycles. The summed E-state index contributed by atoms with van der Waals surface area (Å²) in [6, 6.07) is 10.5. The van der Waals surface area contributed by atoms with Crippen molar-refractivity contribution >= 4 is 23.4 Å². The molecule has 0 unspecified atom stereocenters. The van der Waals surface area contributed by atoms with Crippen molar-refractivity contribution in [2.45, 2.75) is 19.0 Å². The van der Waals surface area contributed by atoms with E-state index in [1.165, 1.54) is 17.8 Å². The molecule has 0 aliphatic heterocycles. The number of nitrogens with zero attached hydrogens (tertiary/aromatic N) is 3. The van der Waals surface area contributed by atoms with Gasteiger partial charge in [0.05, 0.1) is 18.0 Å². The number of carbonyl (C=O) groups is 1. The van der Waals surface area contributed by atoms with Gasteiger partial charge >= 0.3 is 0 Å². The van der Waals surface area contributed by atoms with Crippen LogP contribution in [0.2, 0.25) is 0 Å².